The lowest BCUT2D eigenvalue weighted by Gasteiger charge is -2.45. The number of carbonyl (C=O) groups is 2. The molecule has 0 unspecified atom stereocenters. The summed E-state index contributed by atoms with van der Waals surface area (Å²) < 4.78 is 0. The molecule has 5 heteroatoms. The van der Waals surface area contributed by atoms with Crippen molar-refractivity contribution in [3.63, 3.8) is 0 Å². The minimum atomic E-state index is -0.244. The lowest BCUT2D eigenvalue weighted by Crippen LogP contribution is -2.53. The van der Waals surface area contributed by atoms with Gasteiger partial charge in [0.05, 0.1) is 5.41 Å². The maximum atomic E-state index is 12.1. The number of likely N-dealkylation sites (tertiary alicyclic amines) is 2. The third-order valence-electron chi connectivity index (χ3n) is 6.44. The molecule has 2 saturated heterocycles. The molecule has 136 valence electrons. The van der Waals surface area contributed by atoms with Gasteiger partial charge >= 0.3 is 0 Å². The number of rotatable bonds is 5. The van der Waals surface area contributed by atoms with Crippen molar-refractivity contribution in [3.05, 3.63) is 0 Å². The second-order valence-electron chi connectivity index (χ2n) is 8.54. The van der Waals surface area contributed by atoms with Gasteiger partial charge in [0.15, 0.2) is 0 Å². The number of amides is 2. The number of hydrogen-bond donors (Lipinski definition) is 1. The Morgan fingerprint density at radius 2 is 1.62 bits per heavy atom. The second-order valence-corrected chi connectivity index (χ2v) is 8.54. The van der Waals surface area contributed by atoms with Gasteiger partial charge in [0.1, 0.15) is 0 Å². The van der Waals surface area contributed by atoms with E-state index in [9.17, 15) is 9.59 Å². The molecule has 1 saturated carbocycles. The van der Waals surface area contributed by atoms with E-state index < -0.39 is 0 Å². The van der Waals surface area contributed by atoms with Crippen LogP contribution < -0.4 is 5.73 Å². The Hall–Kier alpha value is -1.10. The minimum Gasteiger partial charge on any atom is -0.369 e. The van der Waals surface area contributed by atoms with E-state index in [4.69, 9.17) is 5.73 Å². The molecule has 0 bridgehead atoms. The predicted octanol–water partition coefficient (Wildman–Crippen LogP) is 2.00. The second kappa shape index (κ2) is 7.03. The molecule has 2 aliphatic heterocycles. The highest BCUT2D eigenvalue weighted by Gasteiger charge is 2.44. The Labute approximate surface area is 145 Å². The average molecular weight is 335 g/mol. The van der Waals surface area contributed by atoms with Crippen LogP contribution in [0.5, 0.6) is 0 Å². The third kappa shape index (κ3) is 3.76. The largest absolute Gasteiger partial charge is 0.369 e. The molecule has 0 aromatic heterocycles. The Balaban J connectivity index is 1.50. The van der Waals surface area contributed by atoms with Crippen LogP contribution in [0.15, 0.2) is 0 Å². The highest BCUT2D eigenvalue weighted by Crippen LogP contribution is 2.46. The van der Waals surface area contributed by atoms with Gasteiger partial charge in [0, 0.05) is 25.0 Å². The van der Waals surface area contributed by atoms with Crippen LogP contribution in [0.2, 0.25) is 0 Å². The smallest absolute Gasteiger partial charge is 0.225 e. The molecular formula is C19H33N3O2. The third-order valence-corrected chi connectivity index (χ3v) is 6.44. The van der Waals surface area contributed by atoms with Crippen LogP contribution in [0.4, 0.5) is 0 Å². The summed E-state index contributed by atoms with van der Waals surface area (Å²) in [5.41, 5.74) is 5.54. The molecule has 2 heterocycles. The summed E-state index contributed by atoms with van der Waals surface area (Å²) in [6, 6.07) is 0.563. The molecule has 0 aromatic rings. The van der Waals surface area contributed by atoms with E-state index in [0.29, 0.717) is 6.04 Å². The van der Waals surface area contributed by atoms with Crippen LogP contribution in [0.1, 0.15) is 58.8 Å². The molecule has 3 aliphatic rings. The zero-order chi connectivity index (χ0) is 17.3. The maximum absolute atomic E-state index is 12.1. The Bertz CT molecular complexity index is 471. The number of nitrogens with zero attached hydrogens (tertiary/aromatic N) is 2. The zero-order valence-corrected chi connectivity index (χ0v) is 15.3. The fourth-order valence-electron chi connectivity index (χ4n) is 4.56. The SMILES string of the molecule is CC(C)C(=O)N1CCC(N2CCC(CC3CC3)(C(N)=O)CC2)CC1. The first kappa shape index (κ1) is 17.7. The Morgan fingerprint density at radius 1 is 1.04 bits per heavy atom. The van der Waals surface area contributed by atoms with Crippen molar-refractivity contribution in [1.29, 1.82) is 0 Å². The van der Waals surface area contributed by atoms with Crippen molar-refractivity contribution >= 4 is 11.8 Å². The molecule has 0 spiro atoms. The highest BCUT2D eigenvalue weighted by atomic mass is 16.2. The summed E-state index contributed by atoms with van der Waals surface area (Å²) in [6.07, 6.45) is 7.53. The molecule has 5 nitrogen and oxygen atoms in total. The number of primary amides is 1. The van der Waals surface area contributed by atoms with Crippen molar-refractivity contribution in [2.45, 2.75) is 64.8 Å². The van der Waals surface area contributed by atoms with Gasteiger partial charge < -0.3 is 15.5 Å². The first-order valence-corrected chi connectivity index (χ1v) is 9.74. The van der Waals surface area contributed by atoms with Crippen LogP contribution in [0.25, 0.3) is 0 Å². The number of nitrogens with two attached hydrogens (primary N) is 1. The summed E-state index contributed by atoms with van der Waals surface area (Å²) in [4.78, 5) is 28.7. The van der Waals surface area contributed by atoms with E-state index >= 15 is 0 Å². The first-order chi connectivity index (χ1) is 11.4. The Kier molecular flexibility index (Phi) is 5.19. The molecule has 0 aromatic carbocycles. The lowest BCUT2D eigenvalue weighted by atomic mass is 9.73. The van der Waals surface area contributed by atoms with Crippen LogP contribution in [-0.2, 0) is 9.59 Å². The van der Waals surface area contributed by atoms with Crippen LogP contribution in [0.3, 0.4) is 0 Å². The van der Waals surface area contributed by atoms with Crippen LogP contribution in [-0.4, -0.2) is 53.8 Å². The maximum Gasteiger partial charge on any atom is 0.225 e. The molecule has 3 fully saturated rings. The average Bonchev–Trinajstić information content (AvgIpc) is 3.38. The summed E-state index contributed by atoms with van der Waals surface area (Å²) in [6.45, 7) is 7.67. The van der Waals surface area contributed by atoms with Gasteiger partial charge in [-0.2, -0.15) is 0 Å². The quantitative estimate of drug-likeness (QED) is 0.835. The van der Waals surface area contributed by atoms with Crippen LogP contribution in [0, 0.1) is 17.3 Å². The molecule has 0 atom stereocenters. The molecule has 1 aliphatic carbocycles. The lowest BCUT2D eigenvalue weighted by molar-refractivity contribution is -0.137. The van der Waals surface area contributed by atoms with Gasteiger partial charge in [-0.25, -0.2) is 0 Å². The Morgan fingerprint density at radius 3 is 2.08 bits per heavy atom. The van der Waals surface area contributed by atoms with Crippen molar-refractivity contribution in [2.24, 2.45) is 23.0 Å². The fraction of sp³-hybridized carbons (Fsp3) is 0.895. The molecule has 2 N–H and O–H groups in total. The van der Waals surface area contributed by atoms with Crippen molar-refractivity contribution in [3.8, 4) is 0 Å². The molecule has 2 amide bonds. The monoisotopic (exact) mass is 335 g/mol. The van der Waals surface area contributed by atoms with E-state index in [1.807, 2.05) is 18.7 Å². The van der Waals surface area contributed by atoms with Gasteiger partial charge in [-0.15, -0.1) is 0 Å². The summed E-state index contributed by atoms with van der Waals surface area (Å²) in [5.74, 6) is 1.04. The summed E-state index contributed by atoms with van der Waals surface area (Å²) in [5, 5.41) is 0. The van der Waals surface area contributed by atoms with E-state index in [1.54, 1.807) is 0 Å². The number of carbonyl (C=O) groups excluding carboxylic acids is 2. The van der Waals surface area contributed by atoms with Crippen molar-refractivity contribution < 1.29 is 9.59 Å². The molecule has 0 radical (unpaired) electrons. The fourth-order valence-corrected chi connectivity index (χ4v) is 4.56. The van der Waals surface area contributed by atoms with E-state index in [1.165, 1.54) is 12.8 Å². The molecular weight excluding hydrogens is 302 g/mol. The van der Waals surface area contributed by atoms with E-state index in [2.05, 4.69) is 4.90 Å². The van der Waals surface area contributed by atoms with Crippen molar-refractivity contribution in [1.82, 2.24) is 9.80 Å². The predicted molar refractivity (Wildman–Crippen MR) is 94.2 cm³/mol. The summed E-state index contributed by atoms with van der Waals surface area (Å²) in [7, 11) is 0. The summed E-state index contributed by atoms with van der Waals surface area (Å²) >= 11 is 0. The number of piperidine rings is 2. The van der Waals surface area contributed by atoms with Gasteiger partial charge in [0.2, 0.25) is 11.8 Å². The molecule has 3 rings (SSSR count). The van der Waals surface area contributed by atoms with Gasteiger partial charge in [-0.05, 0) is 51.1 Å². The highest BCUT2D eigenvalue weighted by molar-refractivity contribution is 5.81. The van der Waals surface area contributed by atoms with Gasteiger partial charge in [-0.3, -0.25) is 9.59 Å². The minimum absolute atomic E-state index is 0.0774. The standard InChI is InChI=1S/C19H33N3O2/c1-14(2)17(23)22-9-5-16(6-10-22)21-11-7-19(8-12-21,18(20)24)13-15-3-4-15/h14-16H,3-13H2,1-2H3,(H2,20,24). The van der Waals surface area contributed by atoms with E-state index in [0.717, 1.165) is 64.2 Å². The number of hydrogen-bond acceptors (Lipinski definition) is 3. The molecule has 24 heavy (non-hydrogen) atoms. The topological polar surface area (TPSA) is 66.6 Å². The van der Waals surface area contributed by atoms with Gasteiger partial charge in [-0.1, -0.05) is 26.7 Å². The van der Waals surface area contributed by atoms with Gasteiger partial charge in [0.25, 0.3) is 0 Å². The zero-order valence-electron chi connectivity index (χ0n) is 15.3. The normalized spacial score (nSPS) is 25.9. The van der Waals surface area contributed by atoms with E-state index in [-0.39, 0.29) is 23.1 Å². The van der Waals surface area contributed by atoms with Crippen molar-refractivity contribution in [2.75, 3.05) is 26.2 Å². The first-order valence-electron chi connectivity index (χ1n) is 9.74. The van der Waals surface area contributed by atoms with Crippen LogP contribution >= 0.6 is 0 Å².